The first-order chi connectivity index (χ1) is 8.22. The number of aryl methyl sites for hydroxylation is 1. The predicted octanol–water partition coefficient (Wildman–Crippen LogP) is 1.01. The van der Waals surface area contributed by atoms with Crippen LogP contribution in [0.25, 0.3) is 0 Å². The van der Waals surface area contributed by atoms with E-state index in [9.17, 15) is 4.79 Å². The molecule has 0 saturated heterocycles. The van der Waals surface area contributed by atoms with Crippen molar-refractivity contribution in [3.8, 4) is 0 Å². The fraction of sp³-hybridized carbons (Fsp3) is 0.250. The molecular weight excluding hydrogens is 218 g/mol. The average Bonchev–Trinajstić information content (AvgIpc) is 2.84. The van der Waals surface area contributed by atoms with E-state index in [0.29, 0.717) is 24.5 Å². The molecule has 2 rings (SSSR count). The Kier molecular flexibility index (Phi) is 3.18. The highest BCUT2D eigenvalue weighted by Gasteiger charge is 2.22. The van der Waals surface area contributed by atoms with Crippen molar-refractivity contribution in [1.82, 2.24) is 5.32 Å². The molecule has 5 nitrogen and oxygen atoms in total. The largest absolute Gasteiger partial charge is 0.410 e. The van der Waals surface area contributed by atoms with Crippen molar-refractivity contribution in [2.75, 3.05) is 13.1 Å². The van der Waals surface area contributed by atoms with Crippen LogP contribution in [0.4, 0.5) is 0 Å². The highest BCUT2D eigenvalue weighted by atomic mass is 16.4. The van der Waals surface area contributed by atoms with Gasteiger partial charge in [-0.3, -0.25) is 9.79 Å². The van der Waals surface area contributed by atoms with E-state index in [2.05, 4.69) is 15.5 Å². The Bertz CT molecular complexity index is 489. The molecule has 1 heterocycles. The summed E-state index contributed by atoms with van der Waals surface area (Å²) in [6, 6.07) is 7.09. The minimum absolute atomic E-state index is 0.0358. The first-order valence-electron chi connectivity index (χ1n) is 5.34. The standard InChI is InChI=1S/C12H13N3O2/c1-8-2-4-9(5-3-8)11(16)10(15-17)12-13-6-7-14-12/h2-5,17H,6-7H2,1H3,(H,13,14)/b15-10-. The molecule has 0 fully saturated rings. The zero-order valence-electron chi connectivity index (χ0n) is 9.47. The van der Waals surface area contributed by atoms with Gasteiger partial charge in [-0.25, -0.2) is 0 Å². The molecular formula is C12H13N3O2. The Labute approximate surface area is 98.9 Å². The summed E-state index contributed by atoms with van der Waals surface area (Å²) in [7, 11) is 0. The van der Waals surface area contributed by atoms with E-state index in [-0.39, 0.29) is 11.5 Å². The number of hydrogen-bond donors (Lipinski definition) is 2. The molecule has 0 aliphatic carbocycles. The van der Waals surface area contributed by atoms with Crippen LogP contribution >= 0.6 is 0 Å². The summed E-state index contributed by atoms with van der Waals surface area (Å²) in [4.78, 5) is 16.1. The van der Waals surface area contributed by atoms with Crippen molar-refractivity contribution < 1.29 is 10.0 Å². The van der Waals surface area contributed by atoms with E-state index in [4.69, 9.17) is 5.21 Å². The quantitative estimate of drug-likeness (QED) is 0.353. The molecule has 0 unspecified atom stereocenters. The third kappa shape index (κ3) is 2.33. The number of carbonyl (C=O) groups is 1. The van der Waals surface area contributed by atoms with E-state index in [0.717, 1.165) is 5.56 Å². The van der Waals surface area contributed by atoms with Crippen LogP contribution in [-0.4, -0.2) is 35.6 Å². The molecule has 0 aromatic heterocycles. The molecule has 0 saturated carbocycles. The second-order valence-electron chi connectivity index (χ2n) is 3.80. The number of nitrogens with one attached hydrogen (secondary N) is 1. The van der Waals surface area contributed by atoms with Crippen LogP contribution in [-0.2, 0) is 0 Å². The van der Waals surface area contributed by atoms with E-state index >= 15 is 0 Å². The topological polar surface area (TPSA) is 74.0 Å². The fourth-order valence-electron chi connectivity index (χ4n) is 1.60. The number of hydrogen-bond acceptors (Lipinski definition) is 5. The molecule has 1 aromatic rings. The third-order valence-electron chi connectivity index (χ3n) is 2.53. The van der Waals surface area contributed by atoms with Gasteiger partial charge in [0.25, 0.3) is 0 Å². The summed E-state index contributed by atoms with van der Waals surface area (Å²) >= 11 is 0. The zero-order valence-corrected chi connectivity index (χ0v) is 9.47. The molecule has 17 heavy (non-hydrogen) atoms. The van der Waals surface area contributed by atoms with E-state index in [1.165, 1.54) is 0 Å². The average molecular weight is 231 g/mol. The predicted molar refractivity (Wildman–Crippen MR) is 65.0 cm³/mol. The van der Waals surface area contributed by atoms with Crippen LogP contribution in [0.3, 0.4) is 0 Å². The maximum Gasteiger partial charge on any atom is 0.218 e. The summed E-state index contributed by atoms with van der Waals surface area (Å²) < 4.78 is 0. The van der Waals surface area contributed by atoms with Crippen molar-refractivity contribution in [1.29, 1.82) is 0 Å². The van der Waals surface area contributed by atoms with Gasteiger partial charge in [-0.05, 0) is 6.92 Å². The lowest BCUT2D eigenvalue weighted by atomic mass is 10.0. The number of carbonyl (C=O) groups excluding carboxylic acids is 1. The molecule has 1 aliphatic rings. The van der Waals surface area contributed by atoms with Crippen LogP contribution < -0.4 is 5.32 Å². The summed E-state index contributed by atoms with van der Waals surface area (Å²) in [6.45, 7) is 3.20. The summed E-state index contributed by atoms with van der Waals surface area (Å²) in [6.07, 6.45) is 0. The molecule has 0 bridgehead atoms. The van der Waals surface area contributed by atoms with Crippen LogP contribution in [0.1, 0.15) is 15.9 Å². The number of oxime groups is 1. The number of ketones is 1. The third-order valence-corrected chi connectivity index (χ3v) is 2.53. The molecule has 0 atom stereocenters. The second kappa shape index (κ2) is 4.78. The Morgan fingerprint density at radius 3 is 2.65 bits per heavy atom. The molecule has 0 amide bonds. The first-order valence-corrected chi connectivity index (χ1v) is 5.34. The summed E-state index contributed by atoms with van der Waals surface area (Å²) in [5, 5.41) is 14.9. The highest BCUT2D eigenvalue weighted by Crippen LogP contribution is 2.06. The maximum atomic E-state index is 12.1. The number of rotatable bonds is 3. The number of aliphatic imine (C=N–C) groups is 1. The molecule has 1 aromatic carbocycles. The summed E-state index contributed by atoms with van der Waals surface area (Å²) in [5.74, 6) is 0.0266. The second-order valence-corrected chi connectivity index (χ2v) is 3.80. The van der Waals surface area contributed by atoms with Gasteiger partial charge in [0.2, 0.25) is 5.78 Å². The minimum atomic E-state index is -0.333. The Hall–Kier alpha value is -2.17. The lowest BCUT2D eigenvalue weighted by Crippen LogP contribution is -2.33. The number of Topliss-reactive ketones (excluding diaryl/α,β-unsaturated/α-hetero) is 1. The molecule has 88 valence electrons. The lowest BCUT2D eigenvalue weighted by molar-refractivity contribution is 0.106. The number of benzene rings is 1. The first kappa shape index (κ1) is 11.3. The molecule has 2 N–H and O–H groups in total. The summed E-state index contributed by atoms with van der Waals surface area (Å²) in [5.41, 5.74) is 1.52. The van der Waals surface area contributed by atoms with Gasteiger partial charge in [-0.15, -0.1) is 0 Å². The Morgan fingerprint density at radius 2 is 2.12 bits per heavy atom. The van der Waals surface area contributed by atoms with Gasteiger partial charge in [0.05, 0.1) is 6.54 Å². The van der Waals surface area contributed by atoms with Crippen molar-refractivity contribution in [2.45, 2.75) is 6.92 Å². The van der Waals surface area contributed by atoms with Crippen LogP contribution in [0, 0.1) is 6.92 Å². The van der Waals surface area contributed by atoms with Gasteiger partial charge < -0.3 is 10.5 Å². The lowest BCUT2D eigenvalue weighted by Gasteiger charge is -2.04. The Balaban J connectivity index is 2.26. The van der Waals surface area contributed by atoms with Gasteiger partial charge in [0, 0.05) is 12.1 Å². The van der Waals surface area contributed by atoms with Gasteiger partial charge in [-0.1, -0.05) is 35.0 Å². The molecule has 0 spiro atoms. The van der Waals surface area contributed by atoms with Crippen molar-refractivity contribution >= 4 is 17.3 Å². The van der Waals surface area contributed by atoms with Crippen LogP contribution in [0.15, 0.2) is 34.4 Å². The number of amidine groups is 1. The van der Waals surface area contributed by atoms with Crippen molar-refractivity contribution in [2.24, 2.45) is 10.1 Å². The van der Waals surface area contributed by atoms with E-state index in [1.54, 1.807) is 12.1 Å². The SMILES string of the molecule is Cc1ccc(C(=O)/C(=N/O)C2=NCCN2)cc1. The van der Waals surface area contributed by atoms with Gasteiger partial charge in [0.15, 0.2) is 11.5 Å². The van der Waals surface area contributed by atoms with Crippen molar-refractivity contribution in [3.05, 3.63) is 35.4 Å². The zero-order chi connectivity index (χ0) is 12.3. The molecule has 1 aliphatic heterocycles. The minimum Gasteiger partial charge on any atom is -0.410 e. The van der Waals surface area contributed by atoms with E-state index < -0.39 is 0 Å². The Morgan fingerprint density at radius 1 is 1.41 bits per heavy atom. The van der Waals surface area contributed by atoms with Crippen LogP contribution in [0.5, 0.6) is 0 Å². The van der Waals surface area contributed by atoms with Gasteiger partial charge in [0.1, 0.15) is 0 Å². The number of nitrogens with zero attached hydrogens (tertiary/aromatic N) is 2. The molecule has 5 heteroatoms. The highest BCUT2D eigenvalue weighted by molar-refractivity contribution is 6.69. The fourth-order valence-corrected chi connectivity index (χ4v) is 1.60. The smallest absolute Gasteiger partial charge is 0.218 e. The maximum absolute atomic E-state index is 12.1. The van der Waals surface area contributed by atoms with Gasteiger partial charge in [-0.2, -0.15) is 0 Å². The van der Waals surface area contributed by atoms with Gasteiger partial charge >= 0.3 is 0 Å². The molecule has 0 radical (unpaired) electrons. The normalized spacial score (nSPS) is 15.4. The van der Waals surface area contributed by atoms with Crippen LogP contribution in [0.2, 0.25) is 0 Å². The van der Waals surface area contributed by atoms with Crippen molar-refractivity contribution in [3.63, 3.8) is 0 Å². The van der Waals surface area contributed by atoms with E-state index in [1.807, 2.05) is 19.1 Å². The monoisotopic (exact) mass is 231 g/mol.